The van der Waals surface area contributed by atoms with Crippen molar-refractivity contribution in [3.05, 3.63) is 140 Å². The maximum atomic E-state index is 6.44. The van der Waals surface area contributed by atoms with Crippen LogP contribution < -0.4 is 0 Å². The van der Waals surface area contributed by atoms with E-state index in [0.29, 0.717) is 17.5 Å². The Morgan fingerprint density at radius 1 is 0.417 bits per heavy atom. The predicted octanol–water partition coefficient (Wildman–Crippen LogP) is 11.9. The maximum absolute atomic E-state index is 6.44. The SMILES string of the molecule is c1ccc(-c2nc(-c3cccc4c3oc3ccccc34)nc(-c3cccc4sc5cc6c(cc5c34)-c3cccc4cccc-6c34)n2)cc1. The smallest absolute Gasteiger partial charge is 0.167 e. The highest BCUT2D eigenvalue weighted by Gasteiger charge is 2.24. The topological polar surface area (TPSA) is 51.8 Å². The number of nitrogens with zero attached hydrogens (tertiary/aromatic N) is 3. The minimum atomic E-state index is 0.586. The Hall–Kier alpha value is -6.17. The van der Waals surface area contributed by atoms with E-state index < -0.39 is 0 Å². The Kier molecular flexibility index (Phi) is 5.23. The van der Waals surface area contributed by atoms with E-state index in [2.05, 4.69) is 84.9 Å². The van der Waals surface area contributed by atoms with Gasteiger partial charge in [-0.1, -0.05) is 109 Å². The Morgan fingerprint density at radius 3 is 1.92 bits per heavy atom. The number of hydrogen-bond donors (Lipinski definition) is 0. The molecule has 0 unspecified atom stereocenters. The minimum absolute atomic E-state index is 0.586. The molecule has 0 spiro atoms. The van der Waals surface area contributed by atoms with Crippen LogP contribution >= 0.6 is 11.3 Å². The van der Waals surface area contributed by atoms with Crippen molar-refractivity contribution in [1.29, 1.82) is 0 Å². The third-order valence-corrected chi connectivity index (χ3v) is 10.8. The van der Waals surface area contributed by atoms with Gasteiger partial charge in [-0.2, -0.15) is 0 Å². The highest BCUT2D eigenvalue weighted by molar-refractivity contribution is 7.26. The molecule has 0 radical (unpaired) electrons. The van der Waals surface area contributed by atoms with Crippen LogP contribution in [-0.4, -0.2) is 15.0 Å². The Balaban J connectivity index is 1.18. The van der Waals surface area contributed by atoms with Gasteiger partial charge in [0.2, 0.25) is 0 Å². The number of hydrogen-bond acceptors (Lipinski definition) is 5. The summed E-state index contributed by atoms with van der Waals surface area (Å²) in [4.78, 5) is 15.4. The van der Waals surface area contributed by atoms with Gasteiger partial charge in [-0.05, 0) is 63.4 Å². The number of thiophene rings is 1. The van der Waals surface area contributed by atoms with E-state index in [1.54, 1.807) is 0 Å². The molecule has 0 saturated heterocycles. The summed E-state index contributed by atoms with van der Waals surface area (Å²) in [7, 11) is 0. The van der Waals surface area contributed by atoms with Gasteiger partial charge < -0.3 is 4.42 Å². The number of fused-ring (bicyclic) bond motifs is 9. The fourth-order valence-corrected chi connectivity index (χ4v) is 8.70. The van der Waals surface area contributed by atoms with Crippen LogP contribution in [0.25, 0.3) is 109 Å². The van der Waals surface area contributed by atoms with Crippen molar-refractivity contribution < 1.29 is 4.42 Å². The number of rotatable bonds is 3. The summed E-state index contributed by atoms with van der Waals surface area (Å²) >= 11 is 1.82. The zero-order valence-electron chi connectivity index (χ0n) is 25.4. The van der Waals surface area contributed by atoms with Crippen LogP contribution in [0.3, 0.4) is 0 Å². The summed E-state index contributed by atoms with van der Waals surface area (Å²) in [6.07, 6.45) is 0. The van der Waals surface area contributed by atoms with Gasteiger partial charge in [-0.3, -0.25) is 0 Å². The van der Waals surface area contributed by atoms with Gasteiger partial charge in [-0.25, -0.2) is 15.0 Å². The molecule has 11 rings (SSSR count). The second-order valence-corrected chi connectivity index (χ2v) is 13.4. The van der Waals surface area contributed by atoms with Crippen LogP contribution in [0.15, 0.2) is 144 Å². The van der Waals surface area contributed by atoms with Gasteiger partial charge in [0.25, 0.3) is 0 Å². The second-order valence-electron chi connectivity index (χ2n) is 12.3. The van der Waals surface area contributed by atoms with Crippen molar-refractivity contribution >= 4 is 64.2 Å². The standard InChI is InChI=1S/C43H23N3OS/c1-2-10-25(11-3-1)41-44-42(46-43(45-41)31-19-8-17-29-26-14-4-5-20-35(26)47-40(29)31)30-18-9-21-36-39(30)34-22-32-27-15-6-12-24-13-7-16-28(38(24)27)33(32)23-37(34)48-36/h1-23H. The normalized spacial score (nSPS) is 12.2. The molecule has 4 nitrogen and oxygen atoms in total. The van der Waals surface area contributed by atoms with Gasteiger partial charge in [-0.15, -0.1) is 11.3 Å². The van der Waals surface area contributed by atoms with Crippen LogP contribution in [0.4, 0.5) is 0 Å². The van der Waals surface area contributed by atoms with E-state index in [0.717, 1.165) is 38.6 Å². The lowest BCUT2D eigenvalue weighted by Gasteiger charge is -2.10. The molecule has 3 aromatic heterocycles. The fourth-order valence-electron chi connectivity index (χ4n) is 7.55. The Bertz CT molecular complexity index is 2950. The molecule has 1 aliphatic rings. The van der Waals surface area contributed by atoms with Crippen molar-refractivity contribution in [3.63, 3.8) is 0 Å². The third kappa shape index (κ3) is 3.62. The van der Waals surface area contributed by atoms with E-state index >= 15 is 0 Å². The van der Waals surface area contributed by atoms with Crippen LogP contribution in [0.1, 0.15) is 0 Å². The molecule has 0 atom stereocenters. The van der Waals surface area contributed by atoms with Crippen molar-refractivity contribution in [2.75, 3.05) is 0 Å². The second kappa shape index (κ2) is 9.67. The lowest BCUT2D eigenvalue weighted by atomic mass is 9.99. The molecule has 3 heterocycles. The average molecular weight is 630 g/mol. The summed E-state index contributed by atoms with van der Waals surface area (Å²) < 4.78 is 8.90. The van der Waals surface area contributed by atoms with Crippen molar-refractivity contribution in [1.82, 2.24) is 15.0 Å². The Morgan fingerprint density at radius 2 is 1.06 bits per heavy atom. The summed E-state index contributed by atoms with van der Waals surface area (Å²) in [6, 6.07) is 49.0. The average Bonchev–Trinajstić information content (AvgIpc) is 3.81. The van der Waals surface area contributed by atoms with E-state index in [9.17, 15) is 0 Å². The lowest BCUT2D eigenvalue weighted by Crippen LogP contribution is -2.00. The number of benzene rings is 7. The quantitative estimate of drug-likeness (QED) is 0.195. The first-order chi connectivity index (χ1) is 23.8. The predicted molar refractivity (Wildman–Crippen MR) is 198 cm³/mol. The van der Waals surface area contributed by atoms with E-state index in [-0.39, 0.29) is 0 Å². The highest BCUT2D eigenvalue weighted by Crippen LogP contribution is 2.51. The number of aromatic nitrogens is 3. The van der Waals surface area contributed by atoms with Gasteiger partial charge in [0.15, 0.2) is 17.5 Å². The molecule has 48 heavy (non-hydrogen) atoms. The van der Waals surface area contributed by atoms with E-state index in [1.807, 2.05) is 65.9 Å². The molecule has 5 heteroatoms. The summed E-state index contributed by atoms with van der Waals surface area (Å²) in [5.41, 5.74) is 9.58. The number of para-hydroxylation sites is 2. The molecule has 0 fully saturated rings. The molecule has 0 saturated carbocycles. The van der Waals surface area contributed by atoms with Crippen molar-refractivity contribution in [3.8, 4) is 56.4 Å². The first-order valence-electron chi connectivity index (χ1n) is 16.0. The molecule has 0 aliphatic heterocycles. The summed E-state index contributed by atoms with van der Waals surface area (Å²) in [5.74, 6) is 1.86. The monoisotopic (exact) mass is 629 g/mol. The van der Waals surface area contributed by atoms with E-state index in [1.165, 1.54) is 53.2 Å². The van der Waals surface area contributed by atoms with Crippen molar-refractivity contribution in [2.45, 2.75) is 0 Å². The highest BCUT2D eigenvalue weighted by atomic mass is 32.1. The largest absolute Gasteiger partial charge is 0.455 e. The first-order valence-corrected chi connectivity index (χ1v) is 16.8. The maximum Gasteiger partial charge on any atom is 0.167 e. The minimum Gasteiger partial charge on any atom is -0.455 e. The fraction of sp³-hybridized carbons (Fsp3) is 0. The first kappa shape index (κ1) is 26.0. The summed E-state index contributed by atoms with van der Waals surface area (Å²) in [6.45, 7) is 0. The molecule has 0 amide bonds. The third-order valence-electron chi connectivity index (χ3n) is 9.67. The molecule has 222 valence electrons. The van der Waals surface area contributed by atoms with Crippen LogP contribution in [0, 0.1) is 0 Å². The van der Waals surface area contributed by atoms with Crippen molar-refractivity contribution in [2.24, 2.45) is 0 Å². The molecular formula is C43H23N3OS. The molecule has 0 bridgehead atoms. The van der Waals surface area contributed by atoms with Crippen LogP contribution in [-0.2, 0) is 0 Å². The lowest BCUT2D eigenvalue weighted by molar-refractivity contribution is 0.669. The molecular weight excluding hydrogens is 607 g/mol. The molecule has 1 aliphatic carbocycles. The Labute approximate surface area is 278 Å². The zero-order valence-corrected chi connectivity index (χ0v) is 26.3. The van der Waals surface area contributed by atoms with E-state index in [4.69, 9.17) is 19.4 Å². The van der Waals surface area contributed by atoms with Gasteiger partial charge in [0, 0.05) is 42.1 Å². The van der Waals surface area contributed by atoms with Gasteiger partial charge >= 0.3 is 0 Å². The molecule has 7 aromatic carbocycles. The van der Waals surface area contributed by atoms with Crippen LogP contribution in [0.5, 0.6) is 0 Å². The van der Waals surface area contributed by atoms with Crippen LogP contribution in [0.2, 0.25) is 0 Å². The molecule has 10 aromatic rings. The number of furan rings is 1. The zero-order chi connectivity index (χ0) is 31.3. The van der Waals surface area contributed by atoms with Gasteiger partial charge in [0.05, 0.1) is 5.56 Å². The van der Waals surface area contributed by atoms with Gasteiger partial charge in [0.1, 0.15) is 11.2 Å². The summed E-state index contributed by atoms with van der Waals surface area (Å²) in [5, 5.41) is 7.12. The molecule has 0 N–H and O–H groups in total.